The van der Waals surface area contributed by atoms with Crippen LogP contribution in [0.2, 0.25) is 0 Å². The fourth-order valence-corrected chi connectivity index (χ4v) is 1.78. The normalized spacial score (nSPS) is 26.6. The van der Waals surface area contributed by atoms with Crippen LogP contribution in [0.5, 0.6) is 0 Å². The van der Waals surface area contributed by atoms with E-state index in [1.54, 1.807) is 28.2 Å². The van der Waals surface area contributed by atoms with Gasteiger partial charge in [-0.1, -0.05) is 0 Å². The summed E-state index contributed by atoms with van der Waals surface area (Å²) in [6, 6.07) is 0. The molecule has 1 aliphatic rings. The molecule has 0 aromatic heterocycles. The molecule has 0 N–H and O–H groups in total. The fraction of sp³-hybridized carbons (Fsp3) is 1.00. The van der Waals surface area contributed by atoms with Gasteiger partial charge in [-0.2, -0.15) is 0 Å². The third-order valence-electron chi connectivity index (χ3n) is 1.16. The van der Waals surface area contributed by atoms with Crippen LogP contribution >= 0.6 is 19.8 Å². The minimum atomic E-state index is -3.42. The predicted octanol–water partition coefficient (Wildman–Crippen LogP) is 0.149. The number of hydroxylamine groups is 10. The summed E-state index contributed by atoms with van der Waals surface area (Å²) in [6.07, 6.45) is 0. The first-order valence-corrected chi connectivity index (χ1v) is 7.06. The van der Waals surface area contributed by atoms with Crippen molar-refractivity contribution in [3.63, 3.8) is 0 Å². The smallest absolute Gasteiger partial charge is 0.234 e. The van der Waals surface area contributed by atoms with E-state index in [2.05, 4.69) is 0 Å². The highest BCUT2D eigenvalue weighted by Gasteiger charge is 2.46. The molecule has 0 saturated carbocycles. The topological polar surface area (TPSA) is 65.1 Å². The monoisotopic (exact) mass is 323 g/mol. The Labute approximate surface area is 88.6 Å². The Kier molecular flexibility index (Phi) is 3.41. The molecule has 0 unspecified atom stereocenters. The molecule has 1 rings (SSSR count). The van der Waals surface area contributed by atoms with Crippen molar-refractivity contribution in [3.8, 4) is 0 Å². The molecule has 8 nitrogen and oxygen atoms in total. The van der Waals surface area contributed by atoms with Crippen LogP contribution in [-0.2, 0) is 21.0 Å². The Morgan fingerprint density at radius 1 is 1.07 bits per heavy atom. The van der Waals surface area contributed by atoms with Gasteiger partial charge in [0.1, 0.15) is 28.2 Å². The van der Waals surface area contributed by atoms with Crippen LogP contribution in [0.15, 0.2) is 0 Å². The number of quaternary nitrogens is 2. The molecule has 0 aromatic carbocycles. The van der Waals surface area contributed by atoms with Gasteiger partial charge in [0.05, 0.1) is 10.2 Å². The van der Waals surface area contributed by atoms with Crippen LogP contribution in [0.1, 0.15) is 0 Å². The second-order valence-electron chi connectivity index (χ2n) is 3.48. The molecule has 1 saturated heterocycles. The lowest BCUT2D eigenvalue weighted by Crippen LogP contribution is -2.63. The Balaban J connectivity index is 2.71. The predicted molar refractivity (Wildman–Crippen MR) is 49.6 cm³/mol. The van der Waals surface area contributed by atoms with E-state index in [1.165, 1.54) is 0 Å². The third-order valence-corrected chi connectivity index (χ3v) is 2.28. The van der Waals surface area contributed by atoms with Gasteiger partial charge >= 0.3 is 19.8 Å². The summed E-state index contributed by atoms with van der Waals surface area (Å²) < 4.78 is 20.9. The zero-order chi connectivity index (χ0) is 11.0. The van der Waals surface area contributed by atoms with E-state index in [1.807, 2.05) is 0 Å². The van der Waals surface area contributed by atoms with Crippen LogP contribution in [-0.4, -0.2) is 47.6 Å². The summed E-state index contributed by atoms with van der Waals surface area (Å²) in [5.41, 5.74) is 0. The van der Waals surface area contributed by atoms with E-state index in [9.17, 15) is 6.14 Å². The third kappa shape index (κ3) is 3.68. The maximum atomic E-state index is 10.6. The first-order valence-electron chi connectivity index (χ1n) is 3.78. The summed E-state index contributed by atoms with van der Waals surface area (Å²) in [5.74, 6) is 0. The summed E-state index contributed by atoms with van der Waals surface area (Å²) in [4.78, 5) is 14.9. The molecule has 84 valence electrons. The van der Waals surface area contributed by atoms with Crippen LogP contribution in [0.25, 0.3) is 0 Å². The first-order chi connectivity index (χ1) is 6.20. The minimum absolute atomic E-state index is 0.253. The highest BCUT2D eigenvalue weighted by Crippen LogP contribution is 2.23. The van der Waals surface area contributed by atoms with Gasteiger partial charge < -0.3 is 0 Å². The second kappa shape index (κ2) is 3.92. The van der Waals surface area contributed by atoms with Crippen molar-refractivity contribution in [2.75, 3.05) is 32.7 Å². The lowest BCUT2D eigenvalue weighted by Gasteiger charge is -2.36. The average molecular weight is 323 g/mol. The van der Waals surface area contributed by atoms with Crippen LogP contribution in [0, 0.1) is 0 Å². The lowest BCUT2D eigenvalue weighted by molar-refractivity contribution is -1.50. The molecule has 9 heteroatoms. The van der Waals surface area contributed by atoms with Crippen molar-refractivity contribution in [3.05, 3.63) is 0 Å². The molecule has 0 spiro atoms. The van der Waals surface area contributed by atoms with Crippen LogP contribution in [0.4, 0.5) is 0 Å². The van der Waals surface area contributed by atoms with Gasteiger partial charge in [-0.15, -0.1) is 0 Å². The molecule has 1 aliphatic heterocycles. The zero-order valence-corrected chi connectivity index (χ0v) is 10.6. The van der Waals surface area contributed by atoms with Gasteiger partial charge in [-0.25, -0.2) is 6.14 Å². The molecule has 0 atom stereocenters. The van der Waals surface area contributed by atoms with Crippen LogP contribution < -0.4 is 0 Å². The quantitative estimate of drug-likeness (QED) is 0.312. The standard InChI is InChI=1S/C5H14IN3O5/c1-8(2)12-7(5-6(10)11)13-9(3,4)14-8/h5H2,1-4H3/q+2. The molecule has 0 aromatic rings. The molecule has 1 heterocycles. The zero-order valence-electron chi connectivity index (χ0n) is 8.47. The van der Waals surface area contributed by atoms with Gasteiger partial charge in [0.15, 0.2) is 4.55 Å². The molecular weight excluding hydrogens is 309 g/mol. The van der Waals surface area contributed by atoms with Crippen LogP contribution in [0.3, 0.4) is 0 Å². The average Bonchev–Trinajstić information content (AvgIpc) is 1.74. The Morgan fingerprint density at radius 3 is 1.86 bits per heavy atom. The van der Waals surface area contributed by atoms with E-state index >= 15 is 0 Å². The molecule has 0 bridgehead atoms. The molecule has 0 radical (unpaired) electrons. The van der Waals surface area contributed by atoms with Crippen molar-refractivity contribution < 1.29 is 30.6 Å². The number of alkyl halides is 1. The number of halogens is 1. The number of nitrogens with zero attached hydrogens (tertiary/aromatic N) is 3. The van der Waals surface area contributed by atoms with E-state index in [0.29, 0.717) is 0 Å². The van der Waals surface area contributed by atoms with Crippen molar-refractivity contribution >= 4 is 19.8 Å². The van der Waals surface area contributed by atoms with Gasteiger partial charge in [0, 0.05) is 9.62 Å². The van der Waals surface area contributed by atoms with Gasteiger partial charge in [-0.05, 0) is 9.88 Å². The summed E-state index contributed by atoms with van der Waals surface area (Å²) in [6.45, 7) is 0. The van der Waals surface area contributed by atoms with Gasteiger partial charge in [0.2, 0.25) is 0 Å². The molecular formula is C5H14IN3O5+2. The fourth-order valence-electron chi connectivity index (χ4n) is 1.08. The minimum Gasteiger partial charge on any atom is -0.234 e. The number of hydrogen-bond donors (Lipinski definition) is 0. The number of hydrogen-bond acceptors (Lipinski definition) is 6. The SMILES string of the molecule is C[N+]1(C)ON(CI(=O)=O)O[N+](C)(C)O1. The van der Waals surface area contributed by atoms with E-state index < -0.39 is 19.8 Å². The lowest BCUT2D eigenvalue weighted by atomic mass is 11.1. The van der Waals surface area contributed by atoms with E-state index in [4.69, 9.17) is 14.8 Å². The summed E-state index contributed by atoms with van der Waals surface area (Å²) in [7, 11) is 6.46. The molecule has 0 amide bonds. The summed E-state index contributed by atoms with van der Waals surface area (Å²) >= 11 is -3.42. The van der Waals surface area contributed by atoms with Crippen molar-refractivity contribution in [1.29, 1.82) is 0 Å². The molecule has 0 aliphatic carbocycles. The highest BCUT2D eigenvalue weighted by molar-refractivity contribution is 14.2. The number of rotatable bonds is 2. The van der Waals surface area contributed by atoms with Gasteiger partial charge in [-0.3, -0.25) is 0 Å². The summed E-state index contributed by atoms with van der Waals surface area (Å²) in [5, 5.41) is 0.911. The Bertz CT molecular complexity index is 265. The Morgan fingerprint density at radius 2 is 1.50 bits per heavy atom. The largest absolute Gasteiger partial charge is 0.327 e. The molecule has 1 fully saturated rings. The van der Waals surface area contributed by atoms with Gasteiger partial charge in [0.25, 0.3) is 0 Å². The van der Waals surface area contributed by atoms with Crippen molar-refractivity contribution in [2.24, 2.45) is 0 Å². The Hall–Kier alpha value is 0.0900. The first kappa shape index (κ1) is 12.2. The highest BCUT2D eigenvalue weighted by atomic mass is 127. The van der Waals surface area contributed by atoms with Crippen molar-refractivity contribution in [1.82, 2.24) is 5.23 Å². The second-order valence-corrected chi connectivity index (χ2v) is 5.77. The van der Waals surface area contributed by atoms with Crippen molar-refractivity contribution in [2.45, 2.75) is 0 Å². The maximum Gasteiger partial charge on any atom is 0.327 e. The van der Waals surface area contributed by atoms with E-state index in [0.717, 1.165) is 5.23 Å². The molecule has 14 heavy (non-hydrogen) atoms. The van der Waals surface area contributed by atoms with E-state index in [-0.39, 0.29) is 14.2 Å². The maximum absolute atomic E-state index is 10.6.